The molecule has 1 aromatic carbocycles. The molecule has 1 unspecified atom stereocenters. The van der Waals surface area contributed by atoms with Crippen LogP contribution in [-0.2, 0) is 4.79 Å². The standard InChI is InChI=1S/C12H12N4O2S/c17-12(15-18)7-9-8-3-1-2-4-10(8)19-16(9)11-5-6-13-14-11/h1-6,9,18H,7H2,(H,13,14)(H,15,17). The molecule has 3 N–H and O–H groups in total. The van der Waals surface area contributed by atoms with Crippen LogP contribution in [-0.4, -0.2) is 21.3 Å². The van der Waals surface area contributed by atoms with Gasteiger partial charge < -0.3 is 0 Å². The molecule has 6 nitrogen and oxygen atoms in total. The number of hydroxylamine groups is 1. The van der Waals surface area contributed by atoms with Crippen LogP contribution < -0.4 is 9.79 Å². The molecule has 0 saturated carbocycles. The highest BCUT2D eigenvalue weighted by atomic mass is 32.2. The van der Waals surface area contributed by atoms with Crippen molar-refractivity contribution in [1.82, 2.24) is 15.7 Å². The summed E-state index contributed by atoms with van der Waals surface area (Å²) in [4.78, 5) is 12.6. The summed E-state index contributed by atoms with van der Waals surface area (Å²) in [6.07, 6.45) is 1.91. The lowest BCUT2D eigenvalue weighted by atomic mass is 10.0. The molecule has 1 aliphatic rings. The van der Waals surface area contributed by atoms with Gasteiger partial charge in [-0.25, -0.2) is 5.48 Å². The summed E-state index contributed by atoms with van der Waals surface area (Å²) in [5.41, 5.74) is 2.75. The van der Waals surface area contributed by atoms with Gasteiger partial charge in [-0.05, 0) is 23.6 Å². The molecule has 1 atom stereocenters. The van der Waals surface area contributed by atoms with Crippen molar-refractivity contribution >= 4 is 23.7 Å². The van der Waals surface area contributed by atoms with Gasteiger partial charge in [0.2, 0.25) is 5.91 Å². The molecule has 0 aliphatic carbocycles. The SMILES string of the molecule is O=C(CC1c2ccccc2SN1c1cc[nH]n1)NO. The number of H-pyrrole nitrogens is 1. The third kappa shape index (κ3) is 2.18. The van der Waals surface area contributed by atoms with Crippen LogP contribution >= 0.6 is 11.9 Å². The van der Waals surface area contributed by atoms with Gasteiger partial charge in [-0.2, -0.15) is 5.10 Å². The number of nitrogens with one attached hydrogen (secondary N) is 2. The van der Waals surface area contributed by atoms with Gasteiger partial charge in [-0.15, -0.1) is 0 Å². The molecule has 1 aromatic heterocycles. The maximum atomic E-state index is 11.5. The van der Waals surface area contributed by atoms with Gasteiger partial charge in [0, 0.05) is 17.2 Å². The Balaban J connectivity index is 1.95. The average Bonchev–Trinajstić information content (AvgIpc) is 3.06. The van der Waals surface area contributed by atoms with Crippen LogP contribution in [0.5, 0.6) is 0 Å². The van der Waals surface area contributed by atoms with E-state index in [9.17, 15) is 4.79 Å². The lowest BCUT2D eigenvalue weighted by Gasteiger charge is -2.22. The molecule has 2 aromatic rings. The summed E-state index contributed by atoms with van der Waals surface area (Å²) in [6, 6.07) is 9.61. The molecular weight excluding hydrogens is 264 g/mol. The fourth-order valence-electron chi connectivity index (χ4n) is 2.13. The van der Waals surface area contributed by atoms with Crippen LogP contribution in [0.4, 0.5) is 5.82 Å². The molecule has 0 radical (unpaired) electrons. The van der Waals surface area contributed by atoms with E-state index in [0.29, 0.717) is 0 Å². The van der Waals surface area contributed by atoms with Crippen molar-refractivity contribution in [3.8, 4) is 0 Å². The maximum absolute atomic E-state index is 11.5. The number of carbonyl (C=O) groups excluding carboxylic acids is 1. The van der Waals surface area contributed by atoms with Crippen LogP contribution in [0.25, 0.3) is 0 Å². The van der Waals surface area contributed by atoms with Gasteiger partial charge in [0.05, 0.1) is 12.5 Å². The van der Waals surface area contributed by atoms with E-state index in [1.54, 1.807) is 23.6 Å². The summed E-state index contributed by atoms with van der Waals surface area (Å²) >= 11 is 1.54. The summed E-state index contributed by atoms with van der Waals surface area (Å²) in [6.45, 7) is 0. The molecule has 0 bridgehead atoms. The second-order valence-corrected chi connectivity index (χ2v) is 5.16. The number of anilines is 1. The van der Waals surface area contributed by atoms with Crippen LogP contribution in [0.3, 0.4) is 0 Å². The summed E-state index contributed by atoms with van der Waals surface area (Å²) in [7, 11) is 0. The highest BCUT2D eigenvalue weighted by Crippen LogP contribution is 2.47. The quantitative estimate of drug-likeness (QED) is 0.453. The zero-order valence-corrected chi connectivity index (χ0v) is 10.7. The van der Waals surface area contributed by atoms with Crippen molar-refractivity contribution in [1.29, 1.82) is 0 Å². The zero-order valence-electron chi connectivity index (χ0n) is 9.91. The minimum absolute atomic E-state index is 0.142. The molecule has 0 fully saturated rings. The Morgan fingerprint density at radius 3 is 3.05 bits per heavy atom. The number of fused-ring (bicyclic) bond motifs is 1. The van der Waals surface area contributed by atoms with Gasteiger partial charge in [0.15, 0.2) is 5.82 Å². The molecule has 2 heterocycles. The molecule has 0 spiro atoms. The number of nitrogens with zero attached hydrogens (tertiary/aromatic N) is 2. The molecule has 3 rings (SSSR count). The van der Waals surface area contributed by atoms with Crippen molar-refractivity contribution in [3.63, 3.8) is 0 Å². The number of rotatable bonds is 3. The first-order valence-electron chi connectivity index (χ1n) is 5.78. The predicted molar refractivity (Wildman–Crippen MR) is 70.7 cm³/mol. The molecule has 19 heavy (non-hydrogen) atoms. The Labute approximate surface area is 113 Å². The maximum Gasteiger partial charge on any atom is 0.245 e. The molecule has 98 valence electrons. The van der Waals surface area contributed by atoms with E-state index in [1.807, 2.05) is 34.6 Å². The Morgan fingerprint density at radius 1 is 1.47 bits per heavy atom. The van der Waals surface area contributed by atoms with Crippen LogP contribution in [0, 0.1) is 0 Å². The van der Waals surface area contributed by atoms with E-state index in [-0.39, 0.29) is 12.5 Å². The number of aromatic amines is 1. The lowest BCUT2D eigenvalue weighted by molar-refractivity contribution is -0.129. The number of benzene rings is 1. The van der Waals surface area contributed by atoms with Crippen molar-refractivity contribution < 1.29 is 10.0 Å². The fourth-order valence-corrected chi connectivity index (χ4v) is 3.30. The second kappa shape index (κ2) is 4.94. The average molecular weight is 276 g/mol. The Bertz CT molecular complexity index is 587. The van der Waals surface area contributed by atoms with Gasteiger partial charge in [-0.1, -0.05) is 18.2 Å². The number of hydrogen-bond donors (Lipinski definition) is 3. The van der Waals surface area contributed by atoms with E-state index < -0.39 is 5.91 Å². The Kier molecular flexibility index (Phi) is 3.14. The third-order valence-electron chi connectivity index (χ3n) is 2.97. The minimum atomic E-state index is -0.414. The smallest absolute Gasteiger partial charge is 0.245 e. The van der Waals surface area contributed by atoms with Crippen molar-refractivity contribution in [2.45, 2.75) is 17.4 Å². The topological polar surface area (TPSA) is 81.2 Å². The normalized spacial score (nSPS) is 17.3. The van der Waals surface area contributed by atoms with Crippen molar-refractivity contribution in [3.05, 3.63) is 42.1 Å². The monoisotopic (exact) mass is 276 g/mol. The number of hydrogen-bond acceptors (Lipinski definition) is 5. The largest absolute Gasteiger partial charge is 0.289 e. The van der Waals surface area contributed by atoms with E-state index in [4.69, 9.17) is 5.21 Å². The van der Waals surface area contributed by atoms with Gasteiger partial charge in [-0.3, -0.25) is 19.4 Å². The van der Waals surface area contributed by atoms with Gasteiger partial charge in [0.1, 0.15) is 0 Å². The van der Waals surface area contributed by atoms with Crippen LogP contribution in [0.2, 0.25) is 0 Å². The Hall–Kier alpha value is -1.99. The zero-order chi connectivity index (χ0) is 13.2. The first-order chi connectivity index (χ1) is 9.29. The van der Waals surface area contributed by atoms with E-state index in [0.717, 1.165) is 16.3 Å². The molecular formula is C12H12N4O2S. The lowest BCUT2D eigenvalue weighted by Crippen LogP contribution is -2.26. The van der Waals surface area contributed by atoms with Crippen molar-refractivity contribution in [2.75, 3.05) is 4.31 Å². The third-order valence-corrected chi connectivity index (χ3v) is 4.18. The second-order valence-electron chi connectivity index (χ2n) is 4.14. The molecule has 0 saturated heterocycles. The van der Waals surface area contributed by atoms with E-state index in [2.05, 4.69) is 10.2 Å². The molecule has 1 aliphatic heterocycles. The molecule has 7 heteroatoms. The number of aromatic nitrogens is 2. The Morgan fingerprint density at radius 2 is 2.32 bits per heavy atom. The summed E-state index contributed by atoms with van der Waals surface area (Å²) < 4.78 is 1.97. The first kappa shape index (κ1) is 12.1. The van der Waals surface area contributed by atoms with E-state index in [1.165, 1.54) is 0 Å². The molecule has 1 amide bonds. The van der Waals surface area contributed by atoms with E-state index >= 15 is 0 Å². The highest BCUT2D eigenvalue weighted by Gasteiger charge is 2.33. The predicted octanol–water partition coefficient (Wildman–Crippen LogP) is 1.87. The number of carbonyl (C=O) groups is 1. The number of amides is 1. The van der Waals surface area contributed by atoms with Gasteiger partial charge in [0.25, 0.3) is 0 Å². The van der Waals surface area contributed by atoms with Gasteiger partial charge >= 0.3 is 0 Å². The first-order valence-corrected chi connectivity index (χ1v) is 6.56. The summed E-state index contributed by atoms with van der Waals surface area (Å²) in [5.74, 6) is 0.347. The fraction of sp³-hybridized carbons (Fsp3) is 0.167. The minimum Gasteiger partial charge on any atom is -0.289 e. The van der Waals surface area contributed by atoms with Crippen LogP contribution in [0.1, 0.15) is 18.0 Å². The van der Waals surface area contributed by atoms with Crippen LogP contribution in [0.15, 0.2) is 41.4 Å². The summed E-state index contributed by atoms with van der Waals surface area (Å²) in [5, 5.41) is 15.6. The van der Waals surface area contributed by atoms with Crippen molar-refractivity contribution in [2.24, 2.45) is 0 Å². The highest BCUT2D eigenvalue weighted by molar-refractivity contribution is 8.01.